The molecular formula is C17H20F2N4O2. The van der Waals surface area contributed by atoms with Crippen molar-refractivity contribution in [1.29, 1.82) is 0 Å². The largest absolute Gasteiger partial charge is 0.435 e. The molecule has 25 heavy (non-hydrogen) atoms. The van der Waals surface area contributed by atoms with Gasteiger partial charge in [-0.25, -0.2) is 0 Å². The van der Waals surface area contributed by atoms with Gasteiger partial charge in [-0.3, -0.25) is 9.89 Å². The van der Waals surface area contributed by atoms with Crippen molar-refractivity contribution in [2.75, 3.05) is 6.54 Å². The number of hydrogen-bond acceptors (Lipinski definition) is 4. The second-order valence-corrected chi connectivity index (χ2v) is 6.11. The Morgan fingerprint density at radius 3 is 3.04 bits per heavy atom. The van der Waals surface area contributed by atoms with E-state index in [0.717, 1.165) is 19.4 Å². The number of H-pyrrole nitrogens is 1. The number of rotatable bonds is 5. The van der Waals surface area contributed by atoms with E-state index in [1.165, 1.54) is 18.3 Å². The molecule has 0 radical (unpaired) electrons. The van der Waals surface area contributed by atoms with Crippen LogP contribution in [-0.4, -0.2) is 41.3 Å². The lowest BCUT2D eigenvalue weighted by molar-refractivity contribution is -0.0498. The lowest BCUT2D eigenvalue weighted by Gasteiger charge is -2.28. The van der Waals surface area contributed by atoms with E-state index in [2.05, 4.69) is 32.5 Å². The van der Waals surface area contributed by atoms with E-state index < -0.39 is 6.61 Å². The fourth-order valence-electron chi connectivity index (χ4n) is 3.03. The number of nitrogens with zero attached hydrogens (tertiary/aromatic N) is 1. The average molecular weight is 350 g/mol. The van der Waals surface area contributed by atoms with Crippen LogP contribution in [0, 0.1) is 0 Å². The zero-order valence-corrected chi connectivity index (χ0v) is 13.8. The standard InChI is InChI=1S/C17H20F2N4O2/c1-10-7-12(5-6-20-10)22-16(24)14-9-21-23-15(14)11-3-2-4-13(8-11)25-17(18)19/h2-4,8-10,12,17,20H,5-7H2,1H3,(H,21,23)(H,22,24). The summed E-state index contributed by atoms with van der Waals surface area (Å²) in [4.78, 5) is 12.6. The van der Waals surface area contributed by atoms with Crippen molar-refractivity contribution >= 4 is 5.91 Å². The number of nitrogens with one attached hydrogen (secondary N) is 3. The summed E-state index contributed by atoms with van der Waals surface area (Å²) in [6, 6.07) is 6.62. The third kappa shape index (κ3) is 4.33. The van der Waals surface area contributed by atoms with Gasteiger partial charge in [0.05, 0.1) is 17.5 Å². The first-order valence-corrected chi connectivity index (χ1v) is 8.16. The van der Waals surface area contributed by atoms with Crippen molar-refractivity contribution in [1.82, 2.24) is 20.8 Å². The predicted molar refractivity (Wildman–Crippen MR) is 88.6 cm³/mol. The van der Waals surface area contributed by atoms with Crippen LogP contribution < -0.4 is 15.4 Å². The molecule has 0 saturated carbocycles. The molecule has 134 valence electrons. The van der Waals surface area contributed by atoms with Gasteiger partial charge in [-0.1, -0.05) is 12.1 Å². The van der Waals surface area contributed by atoms with Gasteiger partial charge in [0.15, 0.2) is 0 Å². The zero-order valence-electron chi connectivity index (χ0n) is 13.8. The highest BCUT2D eigenvalue weighted by molar-refractivity contribution is 6.00. The summed E-state index contributed by atoms with van der Waals surface area (Å²) in [5.74, 6) is -0.205. The summed E-state index contributed by atoms with van der Waals surface area (Å²) in [5, 5.41) is 13.0. The van der Waals surface area contributed by atoms with Gasteiger partial charge in [-0.05, 0) is 38.4 Å². The molecule has 2 unspecified atom stereocenters. The lowest BCUT2D eigenvalue weighted by atomic mass is 10.00. The lowest BCUT2D eigenvalue weighted by Crippen LogP contribution is -2.46. The van der Waals surface area contributed by atoms with Crippen molar-refractivity contribution in [2.45, 2.75) is 38.5 Å². The maximum absolute atomic E-state index is 12.6. The quantitative estimate of drug-likeness (QED) is 0.774. The van der Waals surface area contributed by atoms with Gasteiger partial charge in [0, 0.05) is 17.6 Å². The number of carbonyl (C=O) groups is 1. The molecule has 1 aromatic carbocycles. The van der Waals surface area contributed by atoms with Gasteiger partial charge in [0.2, 0.25) is 0 Å². The highest BCUT2D eigenvalue weighted by Gasteiger charge is 2.23. The van der Waals surface area contributed by atoms with E-state index >= 15 is 0 Å². The van der Waals surface area contributed by atoms with Crippen LogP contribution in [0.2, 0.25) is 0 Å². The number of aromatic amines is 1. The molecule has 8 heteroatoms. The fourth-order valence-corrected chi connectivity index (χ4v) is 3.03. The summed E-state index contributed by atoms with van der Waals surface area (Å²) in [6.45, 7) is 0.0368. The van der Waals surface area contributed by atoms with E-state index in [1.54, 1.807) is 12.1 Å². The number of benzene rings is 1. The number of piperidine rings is 1. The smallest absolute Gasteiger partial charge is 0.387 e. The van der Waals surface area contributed by atoms with Crippen molar-refractivity contribution < 1.29 is 18.3 Å². The highest BCUT2D eigenvalue weighted by atomic mass is 19.3. The Bertz CT molecular complexity index is 735. The number of amides is 1. The minimum absolute atomic E-state index is 0.0284. The van der Waals surface area contributed by atoms with Crippen LogP contribution in [0.25, 0.3) is 11.3 Å². The van der Waals surface area contributed by atoms with Crippen LogP contribution in [0.15, 0.2) is 30.5 Å². The summed E-state index contributed by atoms with van der Waals surface area (Å²) in [6.07, 6.45) is 3.16. The molecule has 1 aliphatic rings. The van der Waals surface area contributed by atoms with Crippen LogP contribution in [-0.2, 0) is 0 Å². The van der Waals surface area contributed by atoms with E-state index in [0.29, 0.717) is 22.9 Å². The first-order valence-electron chi connectivity index (χ1n) is 8.16. The second kappa shape index (κ2) is 7.60. The molecule has 0 spiro atoms. The van der Waals surface area contributed by atoms with Crippen molar-refractivity contribution in [2.24, 2.45) is 0 Å². The van der Waals surface area contributed by atoms with Crippen molar-refractivity contribution in [3.8, 4) is 17.0 Å². The van der Waals surface area contributed by atoms with Crippen LogP contribution in [0.3, 0.4) is 0 Å². The van der Waals surface area contributed by atoms with Gasteiger partial charge in [-0.2, -0.15) is 13.9 Å². The molecule has 6 nitrogen and oxygen atoms in total. The summed E-state index contributed by atoms with van der Waals surface area (Å²) < 4.78 is 29.2. The maximum Gasteiger partial charge on any atom is 0.387 e. The topological polar surface area (TPSA) is 79.0 Å². The zero-order chi connectivity index (χ0) is 17.8. The third-order valence-electron chi connectivity index (χ3n) is 4.19. The molecule has 1 fully saturated rings. The van der Waals surface area contributed by atoms with Crippen LogP contribution in [0.4, 0.5) is 8.78 Å². The normalized spacial score (nSPS) is 20.5. The number of carbonyl (C=O) groups excluding carboxylic acids is 1. The minimum Gasteiger partial charge on any atom is -0.435 e. The Balaban J connectivity index is 1.77. The Kier molecular flexibility index (Phi) is 5.28. The summed E-state index contributed by atoms with van der Waals surface area (Å²) in [5.41, 5.74) is 1.40. The van der Waals surface area contributed by atoms with Gasteiger partial charge >= 0.3 is 6.61 Å². The third-order valence-corrected chi connectivity index (χ3v) is 4.19. The van der Waals surface area contributed by atoms with Gasteiger partial charge in [0.25, 0.3) is 5.91 Å². The monoisotopic (exact) mass is 350 g/mol. The average Bonchev–Trinajstić information content (AvgIpc) is 3.04. The summed E-state index contributed by atoms with van der Waals surface area (Å²) >= 11 is 0. The Morgan fingerprint density at radius 1 is 1.44 bits per heavy atom. The van der Waals surface area contributed by atoms with E-state index in [-0.39, 0.29) is 17.7 Å². The number of aromatic nitrogens is 2. The molecule has 1 saturated heterocycles. The number of hydrogen-bond donors (Lipinski definition) is 3. The fraction of sp³-hybridized carbons (Fsp3) is 0.412. The van der Waals surface area contributed by atoms with Crippen LogP contribution >= 0.6 is 0 Å². The highest BCUT2D eigenvalue weighted by Crippen LogP contribution is 2.26. The molecule has 2 heterocycles. The molecule has 0 aliphatic carbocycles. The van der Waals surface area contributed by atoms with Gasteiger partial charge in [0.1, 0.15) is 5.75 Å². The second-order valence-electron chi connectivity index (χ2n) is 6.11. The maximum atomic E-state index is 12.6. The molecule has 2 atom stereocenters. The molecule has 3 N–H and O–H groups in total. The molecular weight excluding hydrogens is 330 g/mol. The summed E-state index contributed by atoms with van der Waals surface area (Å²) in [7, 11) is 0. The Labute approximate surface area is 144 Å². The molecule has 3 rings (SSSR count). The van der Waals surface area contributed by atoms with Gasteiger partial charge < -0.3 is 15.4 Å². The Hall–Kier alpha value is -2.48. The first-order chi connectivity index (χ1) is 12.0. The predicted octanol–water partition coefficient (Wildman–Crippen LogP) is 2.55. The molecule has 1 amide bonds. The molecule has 0 bridgehead atoms. The molecule has 1 aliphatic heterocycles. The first kappa shape index (κ1) is 17.3. The van der Waals surface area contributed by atoms with Crippen LogP contribution in [0.1, 0.15) is 30.1 Å². The van der Waals surface area contributed by atoms with Crippen LogP contribution in [0.5, 0.6) is 5.75 Å². The minimum atomic E-state index is -2.90. The number of halogens is 2. The Morgan fingerprint density at radius 2 is 2.28 bits per heavy atom. The van der Waals surface area contributed by atoms with Gasteiger partial charge in [-0.15, -0.1) is 0 Å². The SMILES string of the molecule is CC1CC(NC(=O)c2cn[nH]c2-c2cccc(OC(F)F)c2)CCN1. The van der Waals surface area contributed by atoms with E-state index in [4.69, 9.17) is 0 Å². The van der Waals surface area contributed by atoms with Crippen molar-refractivity contribution in [3.63, 3.8) is 0 Å². The molecule has 1 aromatic heterocycles. The number of alkyl halides is 2. The van der Waals surface area contributed by atoms with E-state index in [1.807, 2.05) is 0 Å². The molecule has 2 aromatic rings. The number of ether oxygens (including phenoxy) is 1. The van der Waals surface area contributed by atoms with E-state index in [9.17, 15) is 13.6 Å². The van der Waals surface area contributed by atoms with Crippen molar-refractivity contribution in [3.05, 3.63) is 36.0 Å².